The SMILES string of the molecule is CC(=O)C[C@@H](C)C/C=C/C(=O)N1C(=O)OC[C@@H]1C(C)(C)C. The number of ether oxygens (including phenoxy) is 1. The van der Waals surface area contributed by atoms with Crippen LogP contribution in [0.25, 0.3) is 0 Å². The van der Waals surface area contributed by atoms with E-state index in [1.807, 2.05) is 27.7 Å². The first-order valence-electron chi connectivity index (χ1n) is 7.29. The first kappa shape index (κ1) is 17.4. The van der Waals surface area contributed by atoms with Crippen molar-refractivity contribution in [2.45, 2.75) is 53.5 Å². The molecule has 0 N–H and O–H groups in total. The van der Waals surface area contributed by atoms with Crippen LogP contribution in [0.15, 0.2) is 12.2 Å². The van der Waals surface area contributed by atoms with Crippen LogP contribution >= 0.6 is 0 Å². The van der Waals surface area contributed by atoms with Gasteiger partial charge in [0.05, 0.1) is 6.04 Å². The smallest absolute Gasteiger partial charge is 0.417 e. The maximum absolute atomic E-state index is 12.2. The molecule has 2 amide bonds. The second-order valence-electron chi connectivity index (χ2n) is 6.82. The first-order chi connectivity index (χ1) is 9.62. The Balaban J connectivity index is 2.65. The number of allylic oxidation sites excluding steroid dienone is 1. The van der Waals surface area contributed by atoms with Crippen LogP contribution in [-0.2, 0) is 14.3 Å². The molecule has 0 saturated carbocycles. The maximum atomic E-state index is 12.2. The van der Waals surface area contributed by atoms with Crippen molar-refractivity contribution in [3.8, 4) is 0 Å². The van der Waals surface area contributed by atoms with E-state index in [-0.39, 0.29) is 35.7 Å². The summed E-state index contributed by atoms with van der Waals surface area (Å²) < 4.78 is 4.99. The fourth-order valence-corrected chi connectivity index (χ4v) is 2.36. The van der Waals surface area contributed by atoms with Crippen LogP contribution in [0.3, 0.4) is 0 Å². The van der Waals surface area contributed by atoms with Gasteiger partial charge in [-0.3, -0.25) is 4.79 Å². The summed E-state index contributed by atoms with van der Waals surface area (Å²) in [5.41, 5.74) is -0.225. The van der Waals surface area contributed by atoms with Gasteiger partial charge in [0.2, 0.25) is 0 Å². The predicted octanol–water partition coefficient (Wildman–Crippen LogP) is 2.94. The van der Waals surface area contributed by atoms with Crippen molar-refractivity contribution in [2.75, 3.05) is 6.61 Å². The summed E-state index contributed by atoms with van der Waals surface area (Å²) in [5.74, 6) is -0.0268. The van der Waals surface area contributed by atoms with E-state index >= 15 is 0 Å². The Morgan fingerprint density at radius 3 is 2.57 bits per heavy atom. The number of amides is 2. The van der Waals surface area contributed by atoms with Gasteiger partial charge in [0, 0.05) is 6.42 Å². The van der Waals surface area contributed by atoms with Gasteiger partial charge in [-0.15, -0.1) is 0 Å². The molecule has 2 atom stereocenters. The topological polar surface area (TPSA) is 63.7 Å². The summed E-state index contributed by atoms with van der Waals surface area (Å²) >= 11 is 0. The lowest BCUT2D eigenvalue weighted by Crippen LogP contribution is -2.45. The van der Waals surface area contributed by atoms with Gasteiger partial charge in [-0.1, -0.05) is 33.8 Å². The third-order valence-electron chi connectivity index (χ3n) is 3.54. The average molecular weight is 295 g/mol. The quantitative estimate of drug-likeness (QED) is 0.731. The summed E-state index contributed by atoms with van der Waals surface area (Å²) in [5, 5.41) is 0. The molecular weight excluding hydrogens is 270 g/mol. The highest BCUT2D eigenvalue weighted by molar-refractivity contribution is 5.99. The van der Waals surface area contributed by atoms with E-state index in [1.54, 1.807) is 13.0 Å². The minimum absolute atomic E-state index is 0.137. The summed E-state index contributed by atoms with van der Waals surface area (Å²) in [6, 6.07) is -0.253. The Morgan fingerprint density at radius 2 is 2.05 bits per heavy atom. The Morgan fingerprint density at radius 1 is 1.43 bits per heavy atom. The van der Waals surface area contributed by atoms with Gasteiger partial charge < -0.3 is 9.53 Å². The highest BCUT2D eigenvalue weighted by Crippen LogP contribution is 2.29. The molecule has 0 aromatic rings. The number of carbonyl (C=O) groups excluding carboxylic acids is 3. The molecule has 0 spiro atoms. The van der Waals surface area contributed by atoms with E-state index in [9.17, 15) is 14.4 Å². The first-order valence-corrected chi connectivity index (χ1v) is 7.29. The molecule has 0 unspecified atom stereocenters. The number of cyclic esters (lactones) is 1. The second kappa shape index (κ2) is 6.87. The zero-order chi connectivity index (χ0) is 16.2. The van der Waals surface area contributed by atoms with Crippen LogP contribution < -0.4 is 0 Å². The molecule has 0 aromatic heterocycles. The van der Waals surface area contributed by atoms with Crippen molar-refractivity contribution >= 4 is 17.8 Å². The number of rotatable bonds is 5. The van der Waals surface area contributed by atoms with E-state index in [4.69, 9.17) is 4.74 Å². The molecular formula is C16H25NO4. The molecule has 1 aliphatic rings. The molecule has 118 valence electrons. The standard InChI is InChI=1S/C16H25NO4/c1-11(9-12(2)18)7-6-8-14(19)17-13(16(3,4)5)10-21-15(17)20/h6,8,11,13H,7,9-10H2,1-5H3/b8-6+/t11-,13+/m0/s1. The lowest BCUT2D eigenvalue weighted by molar-refractivity contribution is -0.125. The van der Waals surface area contributed by atoms with Crippen LogP contribution in [0.4, 0.5) is 4.79 Å². The number of Topliss-reactive ketones (excluding diaryl/α,β-unsaturated/α-hetero) is 1. The Kier molecular flexibility index (Phi) is 5.70. The van der Waals surface area contributed by atoms with Crippen LogP contribution in [-0.4, -0.2) is 35.3 Å². The molecule has 0 radical (unpaired) electrons. The number of imide groups is 1. The highest BCUT2D eigenvalue weighted by atomic mass is 16.6. The van der Waals surface area contributed by atoms with Crippen LogP contribution in [0.1, 0.15) is 47.5 Å². The molecule has 1 saturated heterocycles. The number of nitrogens with zero attached hydrogens (tertiary/aromatic N) is 1. The third kappa shape index (κ3) is 4.99. The van der Waals surface area contributed by atoms with Gasteiger partial charge in [0.15, 0.2) is 0 Å². The summed E-state index contributed by atoms with van der Waals surface area (Å²) in [7, 11) is 0. The van der Waals surface area contributed by atoms with Gasteiger partial charge in [-0.25, -0.2) is 9.69 Å². The average Bonchev–Trinajstić information content (AvgIpc) is 2.69. The Labute approximate surface area is 126 Å². The predicted molar refractivity (Wildman–Crippen MR) is 79.7 cm³/mol. The summed E-state index contributed by atoms with van der Waals surface area (Å²) in [6.45, 7) is 9.66. The minimum Gasteiger partial charge on any atom is -0.447 e. The summed E-state index contributed by atoms with van der Waals surface area (Å²) in [6.07, 6.45) is 3.67. The van der Waals surface area contributed by atoms with Crippen molar-refractivity contribution in [3.63, 3.8) is 0 Å². The van der Waals surface area contributed by atoms with Crippen molar-refractivity contribution in [1.82, 2.24) is 4.90 Å². The fraction of sp³-hybridized carbons (Fsp3) is 0.688. The zero-order valence-electron chi connectivity index (χ0n) is 13.5. The van der Waals surface area contributed by atoms with Gasteiger partial charge in [0.25, 0.3) is 5.91 Å². The van der Waals surface area contributed by atoms with Crippen LogP contribution in [0.2, 0.25) is 0 Å². The largest absolute Gasteiger partial charge is 0.447 e. The van der Waals surface area contributed by atoms with E-state index in [0.29, 0.717) is 12.8 Å². The third-order valence-corrected chi connectivity index (χ3v) is 3.54. The van der Waals surface area contributed by atoms with E-state index in [0.717, 1.165) is 0 Å². The Hall–Kier alpha value is -1.65. The maximum Gasteiger partial charge on any atom is 0.417 e. The monoisotopic (exact) mass is 295 g/mol. The van der Waals surface area contributed by atoms with Crippen molar-refractivity contribution < 1.29 is 19.1 Å². The number of hydrogen-bond donors (Lipinski definition) is 0. The molecule has 5 nitrogen and oxygen atoms in total. The van der Waals surface area contributed by atoms with Crippen LogP contribution in [0.5, 0.6) is 0 Å². The van der Waals surface area contributed by atoms with Crippen molar-refractivity contribution in [1.29, 1.82) is 0 Å². The highest BCUT2D eigenvalue weighted by Gasteiger charge is 2.43. The Bertz CT molecular complexity index is 448. The van der Waals surface area contributed by atoms with Crippen LogP contribution in [0, 0.1) is 11.3 Å². The lowest BCUT2D eigenvalue weighted by atomic mass is 9.86. The van der Waals surface area contributed by atoms with E-state index in [1.165, 1.54) is 11.0 Å². The molecule has 1 fully saturated rings. The van der Waals surface area contributed by atoms with Gasteiger partial charge in [0.1, 0.15) is 12.4 Å². The molecule has 1 heterocycles. The number of ketones is 1. The molecule has 0 aromatic carbocycles. The normalized spacial score (nSPS) is 20.7. The van der Waals surface area contributed by atoms with Gasteiger partial charge >= 0.3 is 6.09 Å². The molecule has 21 heavy (non-hydrogen) atoms. The summed E-state index contributed by atoms with van der Waals surface area (Å²) in [4.78, 5) is 36.1. The lowest BCUT2D eigenvalue weighted by Gasteiger charge is -2.30. The number of hydrogen-bond acceptors (Lipinski definition) is 4. The number of carbonyl (C=O) groups is 3. The van der Waals surface area contributed by atoms with Crippen molar-refractivity contribution in [3.05, 3.63) is 12.2 Å². The van der Waals surface area contributed by atoms with Gasteiger partial charge in [-0.2, -0.15) is 0 Å². The molecule has 5 heteroatoms. The van der Waals surface area contributed by atoms with E-state index in [2.05, 4.69) is 0 Å². The molecule has 1 rings (SSSR count). The molecule has 1 aliphatic heterocycles. The van der Waals surface area contributed by atoms with Gasteiger partial charge in [-0.05, 0) is 30.8 Å². The molecule has 0 bridgehead atoms. The second-order valence-corrected chi connectivity index (χ2v) is 6.82. The van der Waals surface area contributed by atoms with Crippen molar-refractivity contribution in [2.24, 2.45) is 11.3 Å². The fourth-order valence-electron chi connectivity index (χ4n) is 2.36. The zero-order valence-corrected chi connectivity index (χ0v) is 13.5. The van der Waals surface area contributed by atoms with E-state index < -0.39 is 6.09 Å². The molecule has 0 aliphatic carbocycles. The minimum atomic E-state index is -0.582.